The summed E-state index contributed by atoms with van der Waals surface area (Å²) in [4.78, 5) is 10.7. The van der Waals surface area contributed by atoms with E-state index >= 15 is 0 Å². The van der Waals surface area contributed by atoms with Gasteiger partial charge in [0, 0.05) is 6.54 Å². The molecule has 0 aromatic carbocycles. The van der Waals surface area contributed by atoms with Gasteiger partial charge in [0.05, 0.1) is 12.7 Å². The summed E-state index contributed by atoms with van der Waals surface area (Å²) in [5, 5.41) is 2.67. The summed E-state index contributed by atoms with van der Waals surface area (Å²) in [7, 11) is 0. The molecular weight excluding hydrogens is 166 g/mol. The number of carbonyl (C=O) groups excluding carboxylic acids is 1. The summed E-state index contributed by atoms with van der Waals surface area (Å²) in [6.07, 6.45) is 6.62. The van der Waals surface area contributed by atoms with Gasteiger partial charge in [-0.3, -0.25) is 4.79 Å². The lowest BCUT2D eigenvalue weighted by molar-refractivity contribution is -0.116. The van der Waals surface area contributed by atoms with Crippen LogP contribution < -0.4 is 5.32 Å². The van der Waals surface area contributed by atoms with Crippen molar-refractivity contribution in [1.82, 2.24) is 5.32 Å². The van der Waals surface area contributed by atoms with Crippen LogP contribution in [0.2, 0.25) is 0 Å². The SMILES string of the molecule is C=CC(=O)NCCOC1CCCC1. The lowest BCUT2D eigenvalue weighted by Gasteiger charge is -2.10. The maximum Gasteiger partial charge on any atom is 0.243 e. The Morgan fingerprint density at radius 1 is 1.54 bits per heavy atom. The lowest BCUT2D eigenvalue weighted by Crippen LogP contribution is -2.26. The molecule has 3 nitrogen and oxygen atoms in total. The van der Waals surface area contributed by atoms with Crippen molar-refractivity contribution in [3.63, 3.8) is 0 Å². The minimum atomic E-state index is -0.130. The molecule has 0 heterocycles. The van der Waals surface area contributed by atoms with Crippen molar-refractivity contribution in [2.24, 2.45) is 0 Å². The molecule has 0 aromatic rings. The predicted octanol–water partition coefficient (Wildman–Crippen LogP) is 1.25. The van der Waals surface area contributed by atoms with Gasteiger partial charge in [-0.25, -0.2) is 0 Å². The average molecular weight is 183 g/mol. The molecule has 0 radical (unpaired) electrons. The molecule has 1 aliphatic carbocycles. The normalized spacial score (nSPS) is 17.2. The molecule has 0 saturated heterocycles. The van der Waals surface area contributed by atoms with E-state index in [0.717, 1.165) is 0 Å². The third-order valence-electron chi connectivity index (χ3n) is 2.24. The van der Waals surface area contributed by atoms with Gasteiger partial charge in [-0.1, -0.05) is 19.4 Å². The highest BCUT2D eigenvalue weighted by Crippen LogP contribution is 2.20. The molecule has 1 rings (SSSR count). The van der Waals surface area contributed by atoms with E-state index in [1.165, 1.54) is 31.8 Å². The molecule has 1 saturated carbocycles. The maximum atomic E-state index is 10.7. The molecule has 0 atom stereocenters. The first-order valence-corrected chi connectivity index (χ1v) is 4.85. The van der Waals surface area contributed by atoms with E-state index < -0.39 is 0 Å². The highest BCUT2D eigenvalue weighted by molar-refractivity contribution is 5.86. The minimum Gasteiger partial charge on any atom is -0.376 e. The van der Waals surface area contributed by atoms with E-state index in [4.69, 9.17) is 4.74 Å². The average Bonchev–Trinajstić information content (AvgIpc) is 2.64. The van der Waals surface area contributed by atoms with E-state index in [-0.39, 0.29) is 5.91 Å². The Morgan fingerprint density at radius 3 is 2.85 bits per heavy atom. The van der Waals surface area contributed by atoms with Crippen LogP contribution in [0.15, 0.2) is 12.7 Å². The smallest absolute Gasteiger partial charge is 0.243 e. The maximum absolute atomic E-state index is 10.7. The molecule has 1 N–H and O–H groups in total. The first kappa shape index (κ1) is 10.3. The topological polar surface area (TPSA) is 38.3 Å². The molecule has 0 spiro atoms. The summed E-state index contributed by atoms with van der Waals surface area (Å²) in [5.41, 5.74) is 0. The summed E-state index contributed by atoms with van der Waals surface area (Å²) >= 11 is 0. The second-order valence-corrected chi connectivity index (χ2v) is 3.27. The van der Waals surface area contributed by atoms with E-state index in [1.54, 1.807) is 0 Å². The molecule has 1 fully saturated rings. The third kappa shape index (κ3) is 4.08. The van der Waals surface area contributed by atoms with E-state index in [1.807, 2.05) is 0 Å². The van der Waals surface area contributed by atoms with Crippen LogP contribution in [-0.2, 0) is 9.53 Å². The van der Waals surface area contributed by atoms with E-state index in [2.05, 4.69) is 11.9 Å². The summed E-state index contributed by atoms with van der Waals surface area (Å²) < 4.78 is 5.55. The first-order valence-electron chi connectivity index (χ1n) is 4.85. The standard InChI is InChI=1S/C10H17NO2/c1-2-10(12)11-7-8-13-9-5-3-4-6-9/h2,9H,1,3-8H2,(H,11,12). The zero-order chi connectivity index (χ0) is 9.52. The van der Waals surface area contributed by atoms with Crippen LogP contribution in [-0.4, -0.2) is 25.2 Å². The second kappa shape index (κ2) is 5.75. The zero-order valence-electron chi connectivity index (χ0n) is 7.92. The van der Waals surface area contributed by atoms with Crippen LogP contribution >= 0.6 is 0 Å². The van der Waals surface area contributed by atoms with Crippen molar-refractivity contribution in [2.75, 3.05) is 13.2 Å². The Balaban J connectivity index is 1.94. The summed E-state index contributed by atoms with van der Waals surface area (Å²) in [6, 6.07) is 0. The van der Waals surface area contributed by atoms with Crippen LogP contribution in [0, 0.1) is 0 Å². The second-order valence-electron chi connectivity index (χ2n) is 3.27. The van der Waals surface area contributed by atoms with Crippen LogP contribution in [0.1, 0.15) is 25.7 Å². The Hall–Kier alpha value is -0.830. The molecular formula is C10H17NO2. The first-order chi connectivity index (χ1) is 6.33. The van der Waals surface area contributed by atoms with Crippen LogP contribution in [0.3, 0.4) is 0 Å². The highest BCUT2D eigenvalue weighted by atomic mass is 16.5. The Morgan fingerprint density at radius 2 is 2.23 bits per heavy atom. The minimum absolute atomic E-state index is 0.130. The third-order valence-corrected chi connectivity index (χ3v) is 2.24. The highest BCUT2D eigenvalue weighted by Gasteiger charge is 2.14. The molecule has 0 unspecified atom stereocenters. The fraction of sp³-hybridized carbons (Fsp3) is 0.700. The number of amides is 1. The number of hydrogen-bond donors (Lipinski definition) is 1. The fourth-order valence-corrected chi connectivity index (χ4v) is 1.53. The summed E-state index contributed by atoms with van der Waals surface area (Å²) in [5.74, 6) is -0.130. The molecule has 1 amide bonds. The van der Waals surface area contributed by atoms with Gasteiger partial charge in [0.1, 0.15) is 0 Å². The van der Waals surface area contributed by atoms with Crippen molar-refractivity contribution < 1.29 is 9.53 Å². The van der Waals surface area contributed by atoms with E-state index in [0.29, 0.717) is 19.3 Å². The number of rotatable bonds is 5. The van der Waals surface area contributed by atoms with Crippen molar-refractivity contribution in [3.05, 3.63) is 12.7 Å². The number of nitrogens with one attached hydrogen (secondary N) is 1. The fourth-order valence-electron chi connectivity index (χ4n) is 1.53. The Bertz CT molecular complexity index is 174. The van der Waals surface area contributed by atoms with Gasteiger partial charge in [0.25, 0.3) is 0 Å². The quantitative estimate of drug-likeness (QED) is 0.514. The largest absolute Gasteiger partial charge is 0.376 e. The van der Waals surface area contributed by atoms with Gasteiger partial charge in [0.2, 0.25) is 5.91 Å². The van der Waals surface area contributed by atoms with E-state index in [9.17, 15) is 4.79 Å². The van der Waals surface area contributed by atoms with Crippen molar-refractivity contribution in [2.45, 2.75) is 31.8 Å². The predicted molar refractivity (Wildman–Crippen MR) is 51.4 cm³/mol. The van der Waals surface area contributed by atoms with Gasteiger partial charge < -0.3 is 10.1 Å². The number of hydrogen-bond acceptors (Lipinski definition) is 2. The van der Waals surface area contributed by atoms with Gasteiger partial charge in [0.15, 0.2) is 0 Å². The summed E-state index contributed by atoms with van der Waals surface area (Å²) in [6.45, 7) is 4.56. The molecule has 13 heavy (non-hydrogen) atoms. The van der Waals surface area contributed by atoms with Gasteiger partial charge in [-0.2, -0.15) is 0 Å². The van der Waals surface area contributed by atoms with Gasteiger partial charge in [-0.15, -0.1) is 0 Å². The number of ether oxygens (including phenoxy) is 1. The molecule has 0 bridgehead atoms. The van der Waals surface area contributed by atoms with Crippen molar-refractivity contribution in [1.29, 1.82) is 0 Å². The lowest BCUT2D eigenvalue weighted by atomic mass is 10.3. The van der Waals surface area contributed by atoms with Crippen LogP contribution in [0.25, 0.3) is 0 Å². The van der Waals surface area contributed by atoms with Crippen LogP contribution in [0.5, 0.6) is 0 Å². The Labute approximate surface area is 79.2 Å². The van der Waals surface area contributed by atoms with Crippen LogP contribution in [0.4, 0.5) is 0 Å². The molecule has 0 aromatic heterocycles. The van der Waals surface area contributed by atoms with Gasteiger partial charge in [-0.05, 0) is 18.9 Å². The molecule has 0 aliphatic heterocycles. The molecule has 3 heteroatoms. The van der Waals surface area contributed by atoms with Crippen molar-refractivity contribution in [3.8, 4) is 0 Å². The monoisotopic (exact) mass is 183 g/mol. The zero-order valence-corrected chi connectivity index (χ0v) is 7.92. The molecule has 1 aliphatic rings. The van der Waals surface area contributed by atoms with Gasteiger partial charge >= 0.3 is 0 Å². The van der Waals surface area contributed by atoms with Crippen molar-refractivity contribution >= 4 is 5.91 Å². The Kier molecular flexibility index (Phi) is 4.54. The molecule has 74 valence electrons. The number of carbonyl (C=O) groups is 1.